The van der Waals surface area contributed by atoms with Crippen molar-refractivity contribution in [1.29, 1.82) is 0 Å². The monoisotopic (exact) mass is 357 g/mol. The van der Waals surface area contributed by atoms with E-state index in [1.165, 1.54) is 0 Å². The summed E-state index contributed by atoms with van der Waals surface area (Å²) in [6, 6.07) is 5.49. The Hall–Kier alpha value is -1.44. The largest absolute Gasteiger partial charge is 0.461 e. The number of aryl methyl sites for hydroxylation is 1. The van der Waals surface area contributed by atoms with E-state index in [0.717, 1.165) is 9.26 Å². The number of pyridine rings is 1. The van der Waals surface area contributed by atoms with Gasteiger partial charge in [-0.3, -0.25) is 0 Å². The summed E-state index contributed by atoms with van der Waals surface area (Å²) in [6.45, 7) is 3.98. The predicted octanol–water partition coefficient (Wildman–Crippen LogP) is 2.36. The van der Waals surface area contributed by atoms with Crippen LogP contribution in [0.1, 0.15) is 23.1 Å². The van der Waals surface area contributed by atoms with E-state index in [1.807, 2.05) is 19.1 Å². The van der Waals surface area contributed by atoms with Crippen LogP contribution in [0.15, 0.2) is 24.4 Å². The average Bonchev–Trinajstić information content (AvgIpc) is 2.72. The average molecular weight is 357 g/mol. The zero-order chi connectivity index (χ0) is 13.1. The normalized spacial score (nSPS) is 10.4. The molecule has 0 unspecified atom stereocenters. The van der Waals surface area contributed by atoms with Gasteiger partial charge in [0.1, 0.15) is 0 Å². The number of carbonyl (C=O) groups is 1. The van der Waals surface area contributed by atoms with Gasteiger partial charge >= 0.3 is 5.97 Å². The molecule has 5 nitrogen and oxygen atoms in total. The molecule has 0 radical (unpaired) electrons. The molecule has 94 valence electrons. The number of esters is 1. The number of ether oxygens (including phenoxy) is 1. The first-order valence-corrected chi connectivity index (χ1v) is 6.55. The molecule has 0 aliphatic carbocycles. The summed E-state index contributed by atoms with van der Waals surface area (Å²) in [5.74, 6) is 0.278. The van der Waals surface area contributed by atoms with Gasteiger partial charge in [0.25, 0.3) is 0 Å². The van der Waals surface area contributed by atoms with Crippen LogP contribution in [0.2, 0.25) is 0 Å². The molecule has 0 aliphatic heterocycles. The van der Waals surface area contributed by atoms with E-state index in [4.69, 9.17) is 4.74 Å². The highest BCUT2D eigenvalue weighted by atomic mass is 127. The van der Waals surface area contributed by atoms with Crippen LogP contribution >= 0.6 is 22.6 Å². The predicted molar refractivity (Wildman–Crippen MR) is 74.8 cm³/mol. The maximum Gasteiger partial charge on any atom is 0.358 e. The molecule has 0 bridgehead atoms. The summed E-state index contributed by atoms with van der Waals surface area (Å²) in [5, 5.41) is 4.22. The Kier molecular flexibility index (Phi) is 3.95. The van der Waals surface area contributed by atoms with Crippen LogP contribution in [0.4, 0.5) is 0 Å². The minimum Gasteiger partial charge on any atom is -0.461 e. The van der Waals surface area contributed by atoms with E-state index in [9.17, 15) is 4.79 Å². The fraction of sp³-hybridized carbons (Fsp3) is 0.250. The van der Waals surface area contributed by atoms with Crippen LogP contribution in [-0.2, 0) is 4.74 Å². The van der Waals surface area contributed by atoms with Gasteiger partial charge in [-0.25, -0.2) is 14.5 Å². The van der Waals surface area contributed by atoms with Crippen molar-refractivity contribution in [2.45, 2.75) is 13.8 Å². The summed E-state index contributed by atoms with van der Waals surface area (Å²) in [4.78, 5) is 15.8. The van der Waals surface area contributed by atoms with Gasteiger partial charge in [0.2, 0.25) is 0 Å². The summed E-state index contributed by atoms with van der Waals surface area (Å²) < 4.78 is 7.61. The smallest absolute Gasteiger partial charge is 0.358 e. The molecule has 2 aromatic rings. The van der Waals surface area contributed by atoms with Gasteiger partial charge in [0.15, 0.2) is 11.5 Å². The SMILES string of the molecule is CCOC(=O)c1cc(C)n(-c2cc(I)ccn2)n1. The minimum atomic E-state index is -0.412. The summed E-state index contributed by atoms with van der Waals surface area (Å²) >= 11 is 2.20. The number of aromatic nitrogens is 3. The highest BCUT2D eigenvalue weighted by Gasteiger charge is 2.14. The maximum atomic E-state index is 11.6. The first kappa shape index (κ1) is 13.0. The van der Waals surface area contributed by atoms with Gasteiger partial charge in [-0.1, -0.05) is 0 Å². The lowest BCUT2D eigenvalue weighted by Crippen LogP contribution is -2.07. The van der Waals surface area contributed by atoms with Crippen molar-refractivity contribution in [1.82, 2.24) is 14.8 Å². The van der Waals surface area contributed by atoms with Gasteiger partial charge in [-0.15, -0.1) is 0 Å². The number of rotatable bonds is 3. The second-order valence-corrected chi connectivity index (χ2v) is 4.88. The number of carbonyl (C=O) groups excluding carboxylic acids is 1. The van der Waals surface area contributed by atoms with Gasteiger partial charge < -0.3 is 4.74 Å². The second-order valence-electron chi connectivity index (χ2n) is 3.64. The van der Waals surface area contributed by atoms with Crippen LogP contribution in [-0.4, -0.2) is 27.3 Å². The second kappa shape index (κ2) is 5.47. The summed E-state index contributed by atoms with van der Waals surface area (Å²) in [5.41, 5.74) is 1.14. The molecular formula is C12H12IN3O2. The van der Waals surface area contributed by atoms with E-state index in [-0.39, 0.29) is 0 Å². The zero-order valence-electron chi connectivity index (χ0n) is 10.1. The molecule has 0 N–H and O–H groups in total. The highest BCUT2D eigenvalue weighted by molar-refractivity contribution is 14.1. The molecule has 2 rings (SSSR count). The van der Waals surface area contributed by atoms with Crippen LogP contribution in [0, 0.1) is 10.5 Å². The van der Waals surface area contributed by atoms with E-state index < -0.39 is 5.97 Å². The van der Waals surface area contributed by atoms with Gasteiger partial charge in [-0.2, -0.15) is 5.10 Å². The molecule has 6 heteroatoms. The Bertz CT molecular complexity index is 580. The third-order valence-corrected chi connectivity index (χ3v) is 2.97. The molecule has 0 fully saturated rings. The molecular weight excluding hydrogens is 345 g/mol. The molecule has 0 aromatic carbocycles. The molecule has 0 saturated carbocycles. The fourth-order valence-corrected chi connectivity index (χ4v) is 1.96. The number of nitrogens with zero attached hydrogens (tertiary/aromatic N) is 3. The molecule has 2 aromatic heterocycles. The van der Waals surface area contributed by atoms with Crippen molar-refractivity contribution >= 4 is 28.6 Å². The first-order chi connectivity index (χ1) is 8.61. The minimum absolute atomic E-state index is 0.301. The topological polar surface area (TPSA) is 57.0 Å². The maximum absolute atomic E-state index is 11.6. The first-order valence-electron chi connectivity index (χ1n) is 5.47. The molecule has 0 atom stereocenters. The Morgan fingerprint density at radius 2 is 2.28 bits per heavy atom. The van der Waals surface area contributed by atoms with Crippen molar-refractivity contribution in [2.24, 2.45) is 0 Å². The van der Waals surface area contributed by atoms with Crippen molar-refractivity contribution in [3.05, 3.63) is 39.4 Å². The molecule has 0 saturated heterocycles. The molecule has 0 amide bonds. The zero-order valence-corrected chi connectivity index (χ0v) is 12.2. The third-order valence-electron chi connectivity index (χ3n) is 2.30. The number of hydrogen-bond acceptors (Lipinski definition) is 4. The fourth-order valence-electron chi connectivity index (χ4n) is 1.52. The molecule has 18 heavy (non-hydrogen) atoms. The Labute approximate surface area is 118 Å². The molecule has 0 spiro atoms. The third kappa shape index (κ3) is 2.69. The van der Waals surface area contributed by atoms with Gasteiger partial charge in [-0.05, 0) is 54.6 Å². The lowest BCUT2D eigenvalue weighted by molar-refractivity contribution is 0.0519. The van der Waals surface area contributed by atoms with Gasteiger partial charge in [0.05, 0.1) is 6.61 Å². The number of hydrogen-bond donors (Lipinski definition) is 0. The van der Waals surface area contributed by atoms with Crippen molar-refractivity contribution in [2.75, 3.05) is 6.61 Å². The van der Waals surface area contributed by atoms with Crippen LogP contribution in [0.3, 0.4) is 0 Å². The summed E-state index contributed by atoms with van der Waals surface area (Å²) in [6.07, 6.45) is 1.71. The highest BCUT2D eigenvalue weighted by Crippen LogP contribution is 2.13. The van der Waals surface area contributed by atoms with Crippen molar-refractivity contribution < 1.29 is 9.53 Å². The quantitative estimate of drug-likeness (QED) is 0.625. The van der Waals surface area contributed by atoms with Gasteiger partial charge in [0, 0.05) is 15.5 Å². The van der Waals surface area contributed by atoms with E-state index >= 15 is 0 Å². The van der Waals surface area contributed by atoms with E-state index in [2.05, 4.69) is 32.7 Å². The Morgan fingerprint density at radius 3 is 2.94 bits per heavy atom. The van der Waals surface area contributed by atoms with Crippen molar-refractivity contribution in [3.63, 3.8) is 0 Å². The van der Waals surface area contributed by atoms with Crippen LogP contribution in [0.25, 0.3) is 5.82 Å². The lowest BCUT2D eigenvalue weighted by atomic mass is 10.4. The van der Waals surface area contributed by atoms with E-state index in [1.54, 1.807) is 23.9 Å². The molecule has 0 aliphatic rings. The van der Waals surface area contributed by atoms with Crippen LogP contribution < -0.4 is 0 Å². The standard InChI is InChI=1S/C12H12IN3O2/c1-3-18-12(17)10-6-8(2)16(15-10)11-7-9(13)4-5-14-11/h4-7H,3H2,1-2H3. The number of halogens is 1. The van der Waals surface area contributed by atoms with Crippen LogP contribution in [0.5, 0.6) is 0 Å². The lowest BCUT2D eigenvalue weighted by Gasteiger charge is -2.02. The van der Waals surface area contributed by atoms with Crippen molar-refractivity contribution in [3.8, 4) is 5.82 Å². The van der Waals surface area contributed by atoms with E-state index in [0.29, 0.717) is 18.1 Å². The Morgan fingerprint density at radius 1 is 1.50 bits per heavy atom. The molecule has 2 heterocycles. The Balaban J connectivity index is 2.38. The summed E-state index contributed by atoms with van der Waals surface area (Å²) in [7, 11) is 0.